The summed E-state index contributed by atoms with van der Waals surface area (Å²) < 4.78 is 28.6. The third kappa shape index (κ3) is 5.72. The number of nitriles is 1. The van der Waals surface area contributed by atoms with Crippen molar-refractivity contribution in [2.75, 3.05) is 6.54 Å². The molecule has 0 saturated heterocycles. The Bertz CT molecular complexity index is 1250. The van der Waals surface area contributed by atoms with E-state index in [-0.39, 0.29) is 23.3 Å². The minimum atomic E-state index is -3.95. The molecule has 0 radical (unpaired) electrons. The van der Waals surface area contributed by atoms with Gasteiger partial charge in [0.25, 0.3) is 0 Å². The number of sulfonamides is 1. The third-order valence-electron chi connectivity index (χ3n) is 5.24. The molecule has 0 aliphatic heterocycles. The highest BCUT2D eigenvalue weighted by Gasteiger charge is 2.26. The molecule has 1 unspecified atom stereocenters. The van der Waals surface area contributed by atoms with E-state index in [1.165, 1.54) is 0 Å². The minimum Gasteiger partial charge on any atom is -0.342 e. The van der Waals surface area contributed by atoms with Gasteiger partial charge in [0, 0.05) is 0 Å². The van der Waals surface area contributed by atoms with E-state index in [4.69, 9.17) is 5.26 Å². The van der Waals surface area contributed by atoms with Gasteiger partial charge in [0.1, 0.15) is 12.6 Å². The van der Waals surface area contributed by atoms with Crippen LogP contribution in [0.4, 0.5) is 0 Å². The molecule has 0 saturated carbocycles. The quantitative estimate of drug-likeness (QED) is 0.538. The predicted molar refractivity (Wildman–Crippen MR) is 126 cm³/mol. The van der Waals surface area contributed by atoms with Crippen molar-refractivity contribution in [2.24, 2.45) is 0 Å². The number of hydrogen-bond acceptors (Lipinski definition) is 4. The van der Waals surface area contributed by atoms with Crippen LogP contribution in [0.5, 0.6) is 0 Å². The van der Waals surface area contributed by atoms with Crippen LogP contribution in [0.15, 0.2) is 71.6 Å². The second kappa shape index (κ2) is 9.51. The van der Waals surface area contributed by atoms with Gasteiger partial charge in [-0.05, 0) is 45.9 Å². The summed E-state index contributed by atoms with van der Waals surface area (Å²) in [5, 5.41) is 13.3. The lowest BCUT2D eigenvalue weighted by molar-refractivity contribution is -0.122. The molecular weight excluding hydrogens is 422 g/mol. The van der Waals surface area contributed by atoms with Crippen LogP contribution in [0.3, 0.4) is 0 Å². The summed E-state index contributed by atoms with van der Waals surface area (Å²) in [4.78, 5) is 12.8. The van der Waals surface area contributed by atoms with Gasteiger partial charge in [-0.3, -0.25) is 4.79 Å². The molecule has 166 valence electrons. The Kier molecular flexibility index (Phi) is 6.97. The fourth-order valence-electron chi connectivity index (χ4n) is 3.43. The number of hydrogen-bond donors (Lipinski definition) is 2. The third-order valence-corrected chi connectivity index (χ3v) is 6.73. The van der Waals surface area contributed by atoms with Gasteiger partial charge in [0.15, 0.2) is 0 Å². The number of rotatable bonds is 7. The summed E-state index contributed by atoms with van der Waals surface area (Å²) >= 11 is 0. The maximum atomic E-state index is 13.0. The summed E-state index contributed by atoms with van der Waals surface area (Å²) in [7, 11) is -3.95. The summed E-state index contributed by atoms with van der Waals surface area (Å²) in [5.74, 6) is -0.547. The molecule has 7 heteroatoms. The van der Waals surface area contributed by atoms with Crippen molar-refractivity contribution in [2.45, 2.75) is 43.5 Å². The Labute approximate surface area is 189 Å². The van der Waals surface area contributed by atoms with E-state index in [2.05, 4.69) is 10.0 Å². The zero-order valence-electron chi connectivity index (χ0n) is 18.4. The van der Waals surface area contributed by atoms with E-state index < -0.39 is 22.0 Å². The molecule has 0 aromatic heterocycles. The van der Waals surface area contributed by atoms with Crippen molar-refractivity contribution < 1.29 is 13.2 Å². The molecule has 1 atom stereocenters. The van der Waals surface area contributed by atoms with Crippen molar-refractivity contribution in [1.82, 2.24) is 10.0 Å². The zero-order chi connectivity index (χ0) is 23.4. The van der Waals surface area contributed by atoms with E-state index in [0.29, 0.717) is 0 Å². The second-order valence-corrected chi connectivity index (χ2v) is 10.4. The van der Waals surface area contributed by atoms with Gasteiger partial charge < -0.3 is 5.32 Å². The first-order valence-electron chi connectivity index (χ1n) is 10.4. The molecule has 3 aromatic rings. The molecule has 6 nitrogen and oxygen atoms in total. The Morgan fingerprint density at radius 3 is 2.28 bits per heavy atom. The first-order chi connectivity index (χ1) is 15.1. The Balaban J connectivity index is 1.87. The highest BCUT2D eigenvalue weighted by atomic mass is 32.2. The van der Waals surface area contributed by atoms with E-state index in [0.717, 1.165) is 21.9 Å². The zero-order valence-corrected chi connectivity index (χ0v) is 19.2. The van der Waals surface area contributed by atoms with Crippen LogP contribution < -0.4 is 10.0 Å². The molecule has 0 fully saturated rings. The van der Waals surface area contributed by atoms with Crippen LogP contribution in [-0.4, -0.2) is 26.9 Å². The van der Waals surface area contributed by atoms with Gasteiger partial charge in [0.05, 0.1) is 11.0 Å². The highest BCUT2D eigenvalue weighted by molar-refractivity contribution is 7.89. The summed E-state index contributed by atoms with van der Waals surface area (Å²) in [6.45, 7) is 5.95. The van der Waals surface area contributed by atoms with Crippen LogP contribution in [0.1, 0.15) is 31.9 Å². The van der Waals surface area contributed by atoms with E-state index in [1.807, 2.05) is 69.3 Å². The molecule has 0 aliphatic carbocycles. The van der Waals surface area contributed by atoms with Crippen LogP contribution in [0.2, 0.25) is 0 Å². The van der Waals surface area contributed by atoms with Crippen molar-refractivity contribution >= 4 is 26.7 Å². The number of fused-ring (bicyclic) bond motifs is 1. The molecular formula is C25H27N3O3S. The smallest absolute Gasteiger partial charge is 0.241 e. The predicted octanol–water partition coefficient (Wildman–Crippen LogP) is 3.67. The number of amides is 1. The van der Waals surface area contributed by atoms with Gasteiger partial charge in [-0.1, -0.05) is 75.4 Å². The van der Waals surface area contributed by atoms with Crippen LogP contribution in [-0.2, 0) is 26.7 Å². The molecule has 1 amide bonds. The number of carbonyl (C=O) groups excluding carboxylic acids is 1. The van der Waals surface area contributed by atoms with Gasteiger partial charge in [-0.2, -0.15) is 9.98 Å². The Morgan fingerprint density at radius 1 is 1.00 bits per heavy atom. The Hall–Kier alpha value is -3.21. The second-order valence-electron chi connectivity index (χ2n) is 8.71. The topological polar surface area (TPSA) is 99.1 Å². The molecule has 32 heavy (non-hydrogen) atoms. The van der Waals surface area contributed by atoms with Gasteiger partial charge in [-0.15, -0.1) is 0 Å². The van der Waals surface area contributed by atoms with Gasteiger partial charge in [-0.25, -0.2) is 8.42 Å². The molecule has 0 bridgehead atoms. The van der Waals surface area contributed by atoms with Crippen LogP contribution in [0, 0.1) is 11.3 Å². The molecule has 2 N–H and O–H groups in total. The average molecular weight is 450 g/mol. The molecule has 0 heterocycles. The first-order valence-corrected chi connectivity index (χ1v) is 11.8. The van der Waals surface area contributed by atoms with E-state index in [1.54, 1.807) is 24.3 Å². The van der Waals surface area contributed by atoms with Crippen molar-refractivity contribution in [3.63, 3.8) is 0 Å². The van der Waals surface area contributed by atoms with E-state index in [9.17, 15) is 13.2 Å². The standard InChI is InChI=1S/C25H27N3O3S/c1-25(2,3)21-10-12-22(13-11-21)32(30,31)28-23(24(29)27-15-14-26)17-18-8-9-19-6-4-5-7-20(19)16-18/h4-13,16,23,28H,15,17H2,1-3H3,(H,27,29). The fourth-order valence-corrected chi connectivity index (χ4v) is 4.62. The number of carbonyl (C=O) groups is 1. The fraction of sp³-hybridized carbons (Fsp3) is 0.280. The number of nitrogens with zero attached hydrogens (tertiary/aromatic N) is 1. The van der Waals surface area contributed by atoms with Gasteiger partial charge in [0.2, 0.25) is 15.9 Å². The minimum absolute atomic E-state index is 0.0853. The average Bonchev–Trinajstić information content (AvgIpc) is 2.76. The normalized spacial score (nSPS) is 12.8. The van der Waals surface area contributed by atoms with E-state index >= 15 is 0 Å². The monoisotopic (exact) mass is 449 g/mol. The largest absolute Gasteiger partial charge is 0.342 e. The molecule has 0 aliphatic rings. The lowest BCUT2D eigenvalue weighted by atomic mass is 9.87. The number of benzene rings is 3. The maximum absolute atomic E-state index is 13.0. The molecule has 3 rings (SSSR count). The molecule has 0 spiro atoms. The van der Waals surface area contributed by atoms with Crippen molar-refractivity contribution in [3.05, 3.63) is 77.9 Å². The van der Waals surface area contributed by atoms with Crippen molar-refractivity contribution in [3.8, 4) is 6.07 Å². The lowest BCUT2D eigenvalue weighted by Gasteiger charge is -2.20. The Morgan fingerprint density at radius 2 is 1.66 bits per heavy atom. The van der Waals surface area contributed by atoms with Crippen LogP contribution in [0.25, 0.3) is 10.8 Å². The van der Waals surface area contributed by atoms with Crippen molar-refractivity contribution in [1.29, 1.82) is 5.26 Å². The highest BCUT2D eigenvalue weighted by Crippen LogP contribution is 2.24. The lowest BCUT2D eigenvalue weighted by Crippen LogP contribution is -2.48. The van der Waals surface area contributed by atoms with Crippen LogP contribution >= 0.6 is 0 Å². The van der Waals surface area contributed by atoms with Gasteiger partial charge >= 0.3 is 0 Å². The summed E-state index contributed by atoms with van der Waals surface area (Å²) in [6.07, 6.45) is 0.154. The SMILES string of the molecule is CC(C)(C)c1ccc(S(=O)(=O)NC(Cc2ccc3ccccc3c2)C(=O)NCC#N)cc1. The first kappa shape index (κ1) is 23.5. The summed E-state index contributed by atoms with van der Waals surface area (Å²) in [5.41, 5.74) is 1.72. The summed E-state index contributed by atoms with van der Waals surface area (Å²) in [6, 6.07) is 21.0. The maximum Gasteiger partial charge on any atom is 0.241 e. The number of nitrogens with one attached hydrogen (secondary N) is 2. The molecule has 3 aromatic carbocycles.